The van der Waals surface area contributed by atoms with Gasteiger partial charge >= 0.3 is 0 Å². The van der Waals surface area contributed by atoms with Crippen molar-refractivity contribution >= 4 is 5.91 Å². The Hall–Kier alpha value is -1.49. The maximum atomic E-state index is 13.3. The summed E-state index contributed by atoms with van der Waals surface area (Å²) in [5.74, 6) is -1.45. The lowest BCUT2D eigenvalue weighted by Gasteiger charge is -2.35. The van der Waals surface area contributed by atoms with Crippen molar-refractivity contribution in [2.24, 2.45) is 0 Å². The van der Waals surface area contributed by atoms with Crippen LogP contribution in [-0.4, -0.2) is 37.0 Å². The van der Waals surface area contributed by atoms with E-state index in [1.165, 1.54) is 6.07 Å². The summed E-state index contributed by atoms with van der Waals surface area (Å²) < 4.78 is 26.0. The number of nitrogens with zero attached hydrogens (tertiary/aromatic N) is 1. The van der Waals surface area contributed by atoms with Crippen LogP contribution >= 0.6 is 0 Å². The van der Waals surface area contributed by atoms with E-state index >= 15 is 0 Å². The van der Waals surface area contributed by atoms with Gasteiger partial charge in [0.05, 0.1) is 12.5 Å². The van der Waals surface area contributed by atoms with E-state index in [2.05, 4.69) is 5.32 Å². The lowest BCUT2D eigenvalue weighted by atomic mass is 10.1. The fourth-order valence-corrected chi connectivity index (χ4v) is 1.70. The molecule has 1 heterocycles. The highest BCUT2D eigenvalue weighted by Crippen LogP contribution is 2.12. The highest BCUT2D eigenvalue weighted by molar-refractivity contribution is 5.79. The normalized spacial score (nSPS) is 15.5. The lowest BCUT2D eigenvalue weighted by Crippen LogP contribution is -2.57. The van der Waals surface area contributed by atoms with Crippen LogP contribution in [0.15, 0.2) is 18.2 Å². The number of rotatable bonds is 3. The van der Waals surface area contributed by atoms with E-state index in [4.69, 9.17) is 0 Å². The first-order valence-corrected chi connectivity index (χ1v) is 5.48. The van der Waals surface area contributed by atoms with Crippen LogP contribution < -0.4 is 5.32 Å². The van der Waals surface area contributed by atoms with E-state index in [1.54, 1.807) is 11.9 Å². The summed E-state index contributed by atoms with van der Waals surface area (Å²) in [5, 5.41) is 3.06. The summed E-state index contributed by atoms with van der Waals surface area (Å²) >= 11 is 0. The number of hydrogen-bond acceptors (Lipinski definition) is 2. The number of carbonyl (C=O) groups is 1. The first-order chi connectivity index (χ1) is 8.08. The predicted octanol–water partition coefficient (Wildman–Crippen LogP) is 0.938. The smallest absolute Gasteiger partial charge is 0.227 e. The summed E-state index contributed by atoms with van der Waals surface area (Å²) in [6, 6.07) is 3.46. The van der Waals surface area contributed by atoms with Crippen LogP contribution in [-0.2, 0) is 11.2 Å². The number of hydrogen-bond donors (Lipinski definition) is 1. The van der Waals surface area contributed by atoms with Crippen molar-refractivity contribution in [3.8, 4) is 0 Å². The van der Waals surface area contributed by atoms with Gasteiger partial charge in [0.25, 0.3) is 0 Å². The molecule has 0 spiro atoms. The topological polar surface area (TPSA) is 32.3 Å². The molecule has 0 bridgehead atoms. The van der Waals surface area contributed by atoms with Gasteiger partial charge in [-0.15, -0.1) is 0 Å². The van der Waals surface area contributed by atoms with Gasteiger partial charge in [-0.1, -0.05) is 6.07 Å². The molecule has 3 nitrogen and oxygen atoms in total. The van der Waals surface area contributed by atoms with Gasteiger partial charge in [-0.25, -0.2) is 8.78 Å². The first kappa shape index (κ1) is 12.0. The molecule has 1 aromatic rings. The van der Waals surface area contributed by atoms with E-state index in [9.17, 15) is 13.6 Å². The number of nitrogens with one attached hydrogen (secondary N) is 1. The van der Waals surface area contributed by atoms with Crippen LogP contribution in [0.2, 0.25) is 0 Å². The molecule has 92 valence electrons. The molecule has 5 heteroatoms. The van der Waals surface area contributed by atoms with Crippen molar-refractivity contribution in [3.63, 3.8) is 0 Å². The van der Waals surface area contributed by atoms with Gasteiger partial charge in [0.15, 0.2) is 0 Å². The molecule has 1 amide bonds. The zero-order valence-electron chi connectivity index (χ0n) is 9.54. The summed E-state index contributed by atoms with van der Waals surface area (Å²) in [5.41, 5.74) is 0.232. The van der Waals surface area contributed by atoms with Gasteiger partial charge in [-0.2, -0.15) is 0 Å². The molecule has 0 saturated carbocycles. The minimum Gasteiger partial charge on any atom is -0.340 e. The van der Waals surface area contributed by atoms with Crippen molar-refractivity contribution in [2.75, 3.05) is 20.1 Å². The molecule has 2 rings (SSSR count). The van der Waals surface area contributed by atoms with E-state index in [0.29, 0.717) is 0 Å². The van der Waals surface area contributed by atoms with Gasteiger partial charge in [0.2, 0.25) is 5.91 Å². The molecular weight excluding hydrogens is 226 g/mol. The fourth-order valence-electron chi connectivity index (χ4n) is 1.70. The van der Waals surface area contributed by atoms with E-state index in [1.807, 2.05) is 0 Å². The molecule has 1 aliphatic heterocycles. The number of likely N-dealkylation sites (N-methyl/N-ethyl adjacent to an activating group) is 1. The molecule has 0 radical (unpaired) electrons. The second-order valence-corrected chi connectivity index (χ2v) is 4.23. The molecule has 1 saturated heterocycles. The Morgan fingerprint density at radius 3 is 2.71 bits per heavy atom. The van der Waals surface area contributed by atoms with Crippen molar-refractivity contribution in [3.05, 3.63) is 35.4 Å². The van der Waals surface area contributed by atoms with Crippen molar-refractivity contribution in [1.29, 1.82) is 0 Å². The minimum absolute atomic E-state index is 0.0287. The van der Waals surface area contributed by atoms with Crippen LogP contribution in [0.3, 0.4) is 0 Å². The predicted molar refractivity (Wildman–Crippen MR) is 59.5 cm³/mol. The molecule has 0 unspecified atom stereocenters. The zero-order valence-corrected chi connectivity index (χ0v) is 9.54. The molecular formula is C12H14F2N2O. The van der Waals surface area contributed by atoms with Crippen molar-refractivity contribution in [1.82, 2.24) is 10.2 Å². The quantitative estimate of drug-likeness (QED) is 0.852. The van der Waals surface area contributed by atoms with Crippen LogP contribution in [0.5, 0.6) is 0 Å². The third kappa shape index (κ3) is 2.61. The van der Waals surface area contributed by atoms with E-state index < -0.39 is 11.6 Å². The Morgan fingerprint density at radius 1 is 1.47 bits per heavy atom. The molecule has 1 aliphatic rings. The number of carbonyl (C=O) groups excluding carboxylic acids is 1. The zero-order chi connectivity index (χ0) is 12.4. The third-order valence-electron chi connectivity index (χ3n) is 3.06. The molecule has 0 aliphatic carbocycles. The second-order valence-electron chi connectivity index (χ2n) is 4.23. The summed E-state index contributed by atoms with van der Waals surface area (Å²) in [6.07, 6.45) is -0.0287. The monoisotopic (exact) mass is 240 g/mol. The van der Waals surface area contributed by atoms with Crippen molar-refractivity contribution in [2.45, 2.75) is 12.5 Å². The molecule has 1 aromatic carbocycles. The number of amides is 1. The Bertz CT molecular complexity index is 433. The largest absolute Gasteiger partial charge is 0.340 e. The highest BCUT2D eigenvalue weighted by Gasteiger charge is 2.25. The lowest BCUT2D eigenvalue weighted by molar-refractivity contribution is -0.132. The third-order valence-corrected chi connectivity index (χ3v) is 3.06. The van der Waals surface area contributed by atoms with Gasteiger partial charge in [0.1, 0.15) is 11.6 Å². The van der Waals surface area contributed by atoms with Gasteiger partial charge in [-0.05, 0) is 11.6 Å². The average Bonchev–Trinajstić information content (AvgIpc) is 2.19. The average molecular weight is 240 g/mol. The number of halogens is 2. The van der Waals surface area contributed by atoms with Gasteiger partial charge in [-0.3, -0.25) is 4.79 Å². The number of benzene rings is 1. The first-order valence-electron chi connectivity index (χ1n) is 5.48. The standard InChI is InChI=1S/C12H14F2N2O/c1-16(10-6-15-7-10)12(17)4-8-2-3-9(13)5-11(8)14/h2-3,5,10,15H,4,6-7H2,1H3. The minimum atomic E-state index is -0.668. The Balaban J connectivity index is 2.02. The van der Waals surface area contributed by atoms with Crippen LogP contribution in [0, 0.1) is 11.6 Å². The Labute approximate surface area is 98.4 Å². The molecule has 1 fully saturated rings. The summed E-state index contributed by atoms with van der Waals surface area (Å²) in [4.78, 5) is 13.4. The fraction of sp³-hybridized carbons (Fsp3) is 0.417. The summed E-state index contributed by atoms with van der Waals surface area (Å²) in [7, 11) is 1.70. The highest BCUT2D eigenvalue weighted by atomic mass is 19.1. The van der Waals surface area contributed by atoms with E-state index in [0.717, 1.165) is 25.2 Å². The maximum absolute atomic E-state index is 13.3. The van der Waals surface area contributed by atoms with Crippen molar-refractivity contribution < 1.29 is 13.6 Å². The van der Waals surface area contributed by atoms with Crippen LogP contribution in [0.25, 0.3) is 0 Å². The van der Waals surface area contributed by atoms with Gasteiger partial charge in [0, 0.05) is 26.2 Å². The Kier molecular flexibility index (Phi) is 3.38. The molecule has 1 N–H and O–H groups in total. The molecule has 0 atom stereocenters. The maximum Gasteiger partial charge on any atom is 0.227 e. The Morgan fingerprint density at radius 2 is 2.18 bits per heavy atom. The molecule has 17 heavy (non-hydrogen) atoms. The second kappa shape index (κ2) is 4.79. The van der Waals surface area contributed by atoms with E-state index in [-0.39, 0.29) is 23.9 Å². The van der Waals surface area contributed by atoms with Gasteiger partial charge < -0.3 is 10.2 Å². The SMILES string of the molecule is CN(C(=O)Cc1ccc(F)cc1F)C1CNC1. The summed E-state index contributed by atoms with van der Waals surface area (Å²) in [6.45, 7) is 1.54. The molecule has 0 aromatic heterocycles. The van der Waals surface area contributed by atoms with Crippen LogP contribution in [0.1, 0.15) is 5.56 Å². The van der Waals surface area contributed by atoms with Crippen LogP contribution in [0.4, 0.5) is 8.78 Å².